The Labute approximate surface area is 84.2 Å². The van der Waals surface area contributed by atoms with Crippen LogP contribution in [0.15, 0.2) is 11.1 Å². The predicted molar refractivity (Wildman–Crippen MR) is 54.8 cm³/mol. The van der Waals surface area contributed by atoms with E-state index < -0.39 is 0 Å². The van der Waals surface area contributed by atoms with E-state index in [9.17, 15) is 0 Å². The van der Waals surface area contributed by atoms with Gasteiger partial charge in [0.1, 0.15) is 0 Å². The van der Waals surface area contributed by atoms with Crippen molar-refractivity contribution < 1.29 is 4.52 Å². The molecule has 76 valence electrons. The Kier molecular flexibility index (Phi) is 2.66. The van der Waals surface area contributed by atoms with Crippen molar-refractivity contribution in [1.29, 1.82) is 0 Å². The summed E-state index contributed by atoms with van der Waals surface area (Å²) in [6.07, 6.45) is 6.60. The van der Waals surface area contributed by atoms with Crippen molar-refractivity contribution in [3.8, 4) is 0 Å². The van der Waals surface area contributed by atoms with Gasteiger partial charge < -0.3 is 4.52 Å². The van der Waals surface area contributed by atoms with Crippen molar-refractivity contribution in [3.63, 3.8) is 0 Å². The van der Waals surface area contributed by atoms with Crippen LogP contribution >= 0.6 is 0 Å². The highest BCUT2D eigenvalue weighted by molar-refractivity contribution is 5.32. The molecule has 0 aliphatic heterocycles. The van der Waals surface area contributed by atoms with Crippen molar-refractivity contribution in [3.05, 3.63) is 18.3 Å². The molecule has 1 aromatic rings. The predicted octanol–water partition coefficient (Wildman–Crippen LogP) is 3.01. The molecule has 14 heavy (non-hydrogen) atoms. The molecule has 0 aromatic carbocycles. The molecule has 2 rings (SSSR count). The molecule has 0 saturated heterocycles. The summed E-state index contributed by atoms with van der Waals surface area (Å²) < 4.78 is 5.02. The third-order valence-corrected chi connectivity index (χ3v) is 2.93. The van der Waals surface area contributed by atoms with E-state index in [0.29, 0.717) is 11.8 Å². The first-order valence-corrected chi connectivity index (χ1v) is 5.25. The summed E-state index contributed by atoms with van der Waals surface area (Å²) in [4.78, 5) is 4.29. The van der Waals surface area contributed by atoms with Crippen molar-refractivity contribution in [2.24, 2.45) is 5.92 Å². The maximum Gasteiger partial charge on any atom is 0.250 e. The molecule has 1 heterocycles. The minimum absolute atomic E-state index is 0.496. The lowest BCUT2D eigenvalue weighted by Gasteiger charge is -2.23. The minimum Gasteiger partial charge on any atom is -0.335 e. The molecule has 1 saturated carbocycles. The van der Waals surface area contributed by atoms with Crippen LogP contribution in [0.5, 0.6) is 0 Å². The zero-order valence-electron chi connectivity index (χ0n) is 8.57. The first kappa shape index (κ1) is 9.44. The summed E-state index contributed by atoms with van der Waals surface area (Å²) >= 11 is 0. The molecule has 1 aromatic heterocycles. The quantitative estimate of drug-likeness (QED) is 0.723. The summed E-state index contributed by atoms with van der Waals surface area (Å²) in [5.74, 6) is 2.69. The van der Waals surface area contributed by atoms with Crippen LogP contribution in [0.4, 0.5) is 0 Å². The molecule has 3 nitrogen and oxygen atoms in total. The zero-order chi connectivity index (χ0) is 9.97. The number of rotatable bonds is 2. The maximum absolute atomic E-state index is 5.02. The molecule has 3 heteroatoms. The maximum atomic E-state index is 5.02. The largest absolute Gasteiger partial charge is 0.335 e. The fourth-order valence-electron chi connectivity index (χ4n) is 2.16. The van der Waals surface area contributed by atoms with E-state index in [4.69, 9.17) is 4.52 Å². The second-order valence-corrected chi connectivity index (χ2v) is 4.16. The van der Waals surface area contributed by atoms with E-state index in [0.717, 1.165) is 11.7 Å². The van der Waals surface area contributed by atoms with E-state index >= 15 is 0 Å². The van der Waals surface area contributed by atoms with Gasteiger partial charge in [-0.25, -0.2) is 0 Å². The Hall–Kier alpha value is -1.12. The van der Waals surface area contributed by atoms with Crippen LogP contribution in [0, 0.1) is 5.92 Å². The minimum atomic E-state index is 0.496. The van der Waals surface area contributed by atoms with Gasteiger partial charge in [-0.2, -0.15) is 4.98 Å². The Morgan fingerprint density at radius 1 is 1.50 bits per heavy atom. The highest BCUT2D eigenvalue weighted by atomic mass is 16.5. The molecular formula is C11H16N2O. The smallest absolute Gasteiger partial charge is 0.250 e. The average molecular weight is 192 g/mol. The zero-order valence-corrected chi connectivity index (χ0v) is 8.57. The molecule has 0 amide bonds. The summed E-state index contributed by atoms with van der Waals surface area (Å²) in [5, 5.41) is 3.99. The van der Waals surface area contributed by atoms with Crippen LogP contribution < -0.4 is 0 Å². The van der Waals surface area contributed by atoms with Crippen molar-refractivity contribution in [1.82, 2.24) is 10.1 Å². The standard InChI is InChI=1S/C11H16N2O/c1-3-10-12-11(13-14-10)9-6-4-5-8(2)7-9/h3,8-9H,1,4-7H2,2H3. The van der Waals surface area contributed by atoms with E-state index in [-0.39, 0.29) is 0 Å². The van der Waals surface area contributed by atoms with Gasteiger partial charge in [-0.05, 0) is 24.8 Å². The fourth-order valence-corrected chi connectivity index (χ4v) is 2.16. The molecule has 0 spiro atoms. The third kappa shape index (κ3) is 1.86. The van der Waals surface area contributed by atoms with E-state index in [2.05, 4.69) is 23.6 Å². The summed E-state index contributed by atoms with van der Waals surface area (Å²) in [6, 6.07) is 0. The first-order valence-electron chi connectivity index (χ1n) is 5.25. The molecule has 1 fully saturated rings. The summed E-state index contributed by atoms with van der Waals surface area (Å²) in [6.45, 7) is 5.90. The van der Waals surface area contributed by atoms with E-state index in [1.807, 2.05) is 0 Å². The van der Waals surface area contributed by atoms with E-state index in [1.54, 1.807) is 6.08 Å². The Balaban J connectivity index is 2.09. The SMILES string of the molecule is C=Cc1nc(C2CCCC(C)C2)no1. The van der Waals surface area contributed by atoms with E-state index in [1.165, 1.54) is 25.7 Å². The summed E-state index contributed by atoms with van der Waals surface area (Å²) in [7, 11) is 0. The van der Waals surface area contributed by atoms with Gasteiger partial charge in [-0.15, -0.1) is 0 Å². The number of hydrogen-bond donors (Lipinski definition) is 0. The normalized spacial score (nSPS) is 27.5. The Morgan fingerprint density at radius 2 is 2.36 bits per heavy atom. The van der Waals surface area contributed by atoms with Crippen LogP contribution in [-0.2, 0) is 0 Å². The molecule has 1 aliphatic carbocycles. The lowest BCUT2D eigenvalue weighted by atomic mass is 9.82. The molecule has 1 aliphatic rings. The van der Waals surface area contributed by atoms with Gasteiger partial charge in [0, 0.05) is 5.92 Å². The molecule has 2 atom stereocenters. The van der Waals surface area contributed by atoms with Gasteiger partial charge in [0.2, 0.25) is 5.89 Å². The monoisotopic (exact) mass is 192 g/mol. The van der Waals surface area contributed by atoms with Crippen molar-refractivity contribution in [2.45, 2.75) is 38.5 Å². The van der Waals surface area contributed by atoms with Gasteiger partial charge in [0.05, 0.1) is 0 Å². The Morgan fingerprint density at radius 3 is 3.00 bits per heavy atom. The molecule has 0 N–H and O–H groups in total. The first-order chi connectivity index (χ1) is 6.79. The lowest BCUT2D eigenvalue weighted by molar-refractivity contribution is 0.323. The molecule has 0 bridgehead atoms. The Bertz CT molecular complexity index is 319. The van der Waals surface area contributed by atoms with Crippen LogP contribution in [0.1, 0.15) is 50.2 Å². The van der Waals surface area contributed by atoms with Gasteiger partial charge in [0.25, 0.3) is 0 Å². The van der Waals surface area contributed by atoms with Crippen LogP contribution in [0.3, 0.4) is 0 Å². The number of nitrogens with zero attached hydrogens (tertiary/aromatic N) is 2. The molecule has 2 unspecified atom stereocenters. The van der Waals surface area contributed by atoms with Crippen molar-refractivity contribution >= 4 is 6.08 Å². The topological polar surface area (TPSA) is 38.9 Å². The van der Waals surface area contributed by atoms with Crippen LogP contribution in [0.2, 0.25) is 0 Å². The highest BCUT2D eigenvalue weighted by Crippen LogP contribution is 2.34. The van der Waals surface area contributed by atoms with Crippen molar-refractivity contribution in [2.75, 3.05) is 0 Å². The summed E-state index contributed by atoms with van der Waals surface area (Å²) in [5.41, 5.74) is 0. The van der Waals surface area contributed by atoms with Gasteiger partial charge >= 0.3 is 0 Å². The fraction of sp³-hybridized carbons (Fsp3) is 0.636. The van der Waals surface area contributed by atoms with Crippen LogP contribution in [-0.4, -0.2) is 10.1 Å². The second-order valence-electron chi connectivity index (χ2n) is 4.16. The highest BCUT2D eigenvalue weighted by Gasteiger charge is 2.24. The molecular weight excluding hydrogens is 176 g/mol. The number of hydrogen-bond acceptors (Lipinski definition) is 3. The van der Waals surface area contributed by atoms with Gasteiger partial charge in [-0.1, -0.05) is 31.5 Å². The van der Waals surface area contributed by atoms with Crippen LogP contribution in [0.25, 0.3) is 6.08 Å². The lowest BCUT2D eigenvalue weighted by Crippen LogP contribution is -2.12. The van der Waals surface area contributed by atoms with Gasteiger partial charge in [-0.3, -0.25) is 0 Å². The second kappa shape index (κ2) is 3.95. The number of aromatic nitrogens is 2. The third-order valence-electron chi connectivity index (χ3n) is 2.93. The van der Waals surface area contributed by atoms with Gasteiger partial charge in [0.15, 0.2) is 5.82 Å². The average Bonchev–Trinajstić information content (AvgIpc) is 2.66. The molecule has 0 radical (unpaired) electrons.